The van der Waals surface area contributed by atoms with Gasteiger partial charge in [-0.1, -0.05) is 54.6 Å². The zero-order valence-corrected chi connectivity index (χ0v) is 39.5. The first-order valence-corrected chi connectivity index (χ1v) is 23.0. The number of pyridine rings is 3. The lowest BCUT2D eigenvalue weighted by molar-refractivity contribution is 0.0720. The van der Waals surface area contributed by atoms with Gasteiger partial charge in [0.1, 0.15) is 0 Å². The molecule has 0 unspecified atom stereocenters. The first-order valence-electron chi connectivity index (χ1n) is 23.0. The van der Waals surface area contributed by atoms with E-state index in [0.29, 0.717) is 53.2 Å². The first kappa shape index (κ1) is 46.3. The molecule has 0 spiro atoms. The van der Waals surface area contributed by atoms with Crippen LogP contribution in [0.25, 0.3) is 33.4 Å². The van der Waals surface area contributed by atoms with Crippen LogP contribution in [0.4, 0.5) is 0 Å². The molecule has 1 aliphatic rings. The van der Waals surface area contributed by atoms with E-state index in [9.17, 15) is 14.4 Å². The van der Waals surface area contributed by atoms with Gasteiger partial charge in [-0.25, -0.2) is 14.4 Å². The van der Waals surface area contributed by atoms with Crippen LogP contribution >= 0.6 is 0 Å². The van der Waals surface area contributed by atoms with E-state index < -0.39 is 17.9 Å². The Morgan fingerprint density at radius 1 is 0.333 bits per heavy atom. The standard InChI is InChI=1S/C60H45N3O9/c1-67-52-28-46-25-50-32-56(71-59(65)41-14-5-11-38(23-41)44-17-8-20-62-35-44)54(69-3)30-48(50)27-51-33-57(72-60(66)42-15-6-12-39(24-42)45-18-9-21-63-36-45)53(68-2)29-47(51)26-49(46)31-55(52)70-58(64)40-13-4-10-37(22-40)43-16-7-19-61-34-43/h4-24,28-36H,25-27H2,1-3H3. The second kappa shape index (κ2) is 20.7. The van der Waals surface area contributed by atoms with Gasteiger partial charge in [0.15, 0.2) is 34.5 Å². The van der Waals surface area contributed by atoms with Gasteiger partial charge >= 0.3 is 17.9 Å². The van der Waals surface area contributed by atoms with E-state index >= 15 is 0 Å². The zero-order valence-electron chi connectivity index (χ0n) is 39.5. The van der Waals surface area contributed by atoms with Gasteiger partial charge in [0.2, 0.25) is 0 Å². The van der Waals surface area contributed by atoms with Gasteiger partial charge in [-0.05, 0) is 160 Å². The van der Waals surface area contributed by atoms with Crippen LogP contribution in [0.1, 0.15) is 64.5 Å². The monoisotopic (exact) mass is 951 g/mol. The molecule has 354 valence electrons. The number of ether oxygens (including phenoxy) is 6. The highest BCUT2D eigenvalue weighted by Gasteiger charge is 2.25. The van der Waals surface area contributed by atoms with E-state index in [0.717, 1.165) is 66.8 Å². The number of carbonyl (C=O) groups is 3. The molecule has 3 heterocycles. The number of esters is 3. The molecule has 0 bridgehead atoms. The highest BCUT2D eigenvalue weighted by Crippen LogP contribution is 2.42. The summed E-state index contributed by atoms with van der Waals surface area (Å²) in [6.45, 7) is 0. The van der Waals surface area contributed by atoms with Crippen molar-refractivity contribution in [2.75, 3.05) is 21.3 Å². The Bertz CT molecular complexity index is 3130. The first-order chi connectivity index (χ1) is 35.2. The molecular weight excluding hydrogens is 907 g/mol. The second-order valence-electron chi connectivity index (χ2n) is 17.0. The summed E-state index contributed by atoms with van der Waals surface area (Å²) in [5, 5.41) is 0. The number of fused-ring (bicyclic) bond motifs is 3. The molecule has 0 atom stereocenters. The van der Waals surface area contributed by atoms with E-state index in [1.807, 2.05) is 91.0 Å². The average molecular weight is 952 g/mol. The zero-order chi connectivity index (χ0) is 49.6. The van der Waals surface area contributed by atoms with Crippen molar-refractivity contribution in [3.8, 4) is 67.9 Å². The lowest BCUT2D eigenvalue weighted by atomic mass is 9.94. The number of hydrogen-bond donors (Lipinski definition) is 0. The fraction of sp³-hybridized carbons (Fsp3) is 0.100. The summed E-state index contributed by atoms with van der Waals surface area (Å²) in [6.07, 6.45) is 11.3. The Kier molecular flexibility index (Phi) is 13.3. The quantitative estimate of drug-likeness (QED) is 0.0848. The summed E-state index contributed by atoms with van der Waals surface area (Å²) in [5.41, 5.74) is 11.1. The number of nitrogens with zero attached hydrogens (tertiary/aromatic N) is 3. The van der Waals surface area contributed by atoms with Crippen LogP contribution in [0, 0.1) is 0 Å². The Labute approximate surface area is 415 Å². The molecule has 0 saturated heterocycles. The number of rotatable bonds is 12. The number of benzene rings is 6. The van der Waals surface area contributed by atoms with Crippen LogP contribution in [0.3, 0.4) is 0 Å². The topological polar surface area (TPSA) is 145 Å². The summed E-state index contributed by atoms with van der Waals surface area (Å²) in [7, 11) is 4.57. The third-order valence-electron chi connectivity index (χ3n) is 12.5. The Morgan fingerprint density at radius 2 is 0.597 bits per heavy atom. The summed E-state index contributed by atoms with van der Waals surface area (Å²) < 4.78 is 36.2. The predicted molar refractivity (Wildman–Crippen MR) is 271 cm³/mol. The summed E-state index contributed by atoms with van der Waals surface area (Å²) in [6, 6.07) is 43.8. The molecule has 12 nitrogen and oxygen atoms in total. The predicted octanol–water partition coefficient (Wildman–Crippen LogP) is 11.6. The van der Waals surface area contributed by atoms with Crippen LogP contribution < -0.4 is 28.4 Å². The van der Waals surface area contributed by atoms with Crippen LogP contribution in [0.5, 0.6) is 34.5 Å². The van der Waals surface area contributed by atoms with Crippen molar-refractivity contribution in [2.45, 2.75) is 19.3 Å². The van der Waals surface area contributed by atoms with Crippen molar-refractivity contribution < 1.29 is 42.8 Å². The van der Waals surface area contributed by atoms with Gasteiger partial charge in [0.25, 0.3) is 0 Å². The van der Waals surface area contributed by atoms with Gasteiger partial charge < -0.3 is 28.4 Å². The molecule has 6 aromatic carbocycles. The minimum atomic E-state index is -0.573. The average Bonchev–Trinajstić information content (AvgIpc) is 3.48. The fourth-order valence-electron chi connectivity index (χ4n) is 8.81. The Morgan fingerprint density at radius 3 is 0.847 bits per heavy atom. The van der Waals surface area contributed by atoms with Crippen LogP contribution in [0.15, 0.2) is 183 Å². The van der Waals surface area contributed by atoms with Crippen molar-refractivity contribution in [1.82, 2.24) is 15.0 Å². The molecule has 0 radical (unpaired) electrons. The van der Waals surface area contributed by atoms with E-state index in [-0.39, 0.29) is 17.2 Å². The number of methoxy groups -OCH3 is 3. The number of aromatic nitrogens is 3. The molecule has 0 saturated carbocycles. The molecule has 1 aliphatic carbocycles. The van der Waals surface area contributed by atoms with Crippen LogP contribution in [-0.4, -0.2) is 54.2 Å². The lowest BCUT2D eigenvalue weighted by Crippen LogP contribution is -2.11. The van der Waals surface area contributed by atoms with E-state index in [1.54, 1.807) is 91.8 Å². The molecule has 3 aromatic heterocycles. The minimum Gasteiger partial charge on any atom is -0.493 e. The highest BCUT2D eigenvalue weighted by atomic mass is 16.6. The van der Waals surface area contributed by atoms with Gasteiger partial charge in [0.05, 0.1) is 38.0 Å². The van der Waals surface area contributed by atoms with Crippen molar-refractivity contribution >= 4 is 17.9 Å². The maximum absolute atomic E-state index is 13.9. The minimum absolute atomic E-state index is 0.220. The summed E-state index contributed by atoms with van der Waals surface area (Å²) in [5.74, 6) is -0.0361. The normalized spacial score (nSPS) is 11.5. The SMILES string of the molecule is COc1cc2c(cc1OC(=O)c1cccc(-c3cccnc3)c1)Cc1cc(OC)c(OC(=O)c3cccc(-c4cccnc4)c3)cc1Cc1cc(OC)c(OC(=O)c3cccc(-c4cccnc4)c3)cc1C2. The smallest absolute Gasteiger partial charge is 0.343 e. The van der Waals surface area contributed by atoms with Crippen molar-refractivity contribution in [3.05, 3.63) is 233 Å². The van der Waals surface area contributed by atoms with Gasteiger partial charge in [-0.2, -0.15) is 0 Å². The molecular formula is C60H45N3O9. The molecule has 0 fully saturated rings. The summed E-state index contributed by atoms with van der Waals surface area (Å²) in [4.78, 5) is 54.5. The summed E-state index contributed by atoms with van der Waals surface area (Å²) >= 11 is 0. The molecule has 12 heteroatoms. The highest BCUT2D eigenvalue weighted by molar-refractivity contribution is 5.94. The van der Waals surface area contributed by atoms with Crippen molar-refractivity contribution in [2.24, 2.45) is 0 Å². The second-order valence-corrected chi connectivity index (χ2v) is 17.0. The molecule has 72 heavy (non-hydrogen) atoms. The molecule has 10 rings (SSSR count). The van der Waals surface area contributed by atoms with Crippen LogP contribution in [0.2, 0.25) is 0 Å². The lowest BCUT2D eigenvalue weighted by Gasteiger charge is -2.18. The van der Waals surface area contributed by atoms with E-state index in [1.165, 1.54) is 21.3 Å². The van der Waals surface area contributed by atoms with Crippen LogP contribution in [-0.2, 0) is 19.3 Å². The third-order valence-corrected chi connectivity index (χ3v) is 12.5. The molecule has 0 aliphatic heterocycles. The number of hydrogen-bond acceptors (Lipinski definition) is 12. The molecule has 0 amide bonds. The van der Waals surface area contributed by atoms with Gasteiger partial charge in [0, 0.05) is 53.9 Å². The van der Waals surface area contributed by atoms with Gasteiger partial charge in [-0.3, -0.25) is 15.0 Å². The van der Waals surface area contributed by atoms with E-state index in [4.69, 9.17) is 28.4 Å². The molecule has 0 N–H and O–H groups in total. The fourth-order valence-corrected chi connectivity index (χ4v) is 8.81. The Hall–Kier alpha value is -9.42. The largest absolute Gasteiger partial charge is 0.493 e. The maximum atomic E-state index is 13.9. The van der Waals surface area contributed by atoms with Crippen molar-refractivity contribution in [3.63, 3.8) is 0 Å². The maximum Gasteiger partial charge on any atom is 0.343 e. The van der Waals surface area contributed by atoms with Crippen molar-refractivity contribution in [1.29, 1.82) is 0 Å². The molecule has 9 aromatic rings. The Balaban J connectivity index is 1.04. The van der Waals surface area contributed by atoms with E-state index in [2.05, 4.69) is 15.0 Å². The number of carbonyl (C=O) groups excluding carboxylic acids is 3. The third kappa shape index (κ3) is 10.0. The van der Waals surface area contributed by atoms with Gasteiger partial charge in [-0.15, -0.1) is 0 Å².